The van der Waals surface area contributed by atoms with E-state index < -0.39 is 0 Å². The number of hydrogen-bond donors (Lipinski definition) is 1. The van der Waals surface area contributed by atoms with Crippen LogP contribution in [0.1, 0.15) is 52.4 Å². The maximum atomic E-state index is 9.74. The lowest BCUT2D eigenvalue weighted by atomic mass is 10.0. The van der Waals surface area contributed by atoms with Crippen molar-refractivity contribution in [2.45, 2.75) is 58.5 Å². The Morgan fingerprint density at radius 2 is 1.73 bits per heavy atom. The van der Waals surface area contributed by atoms with Gasteiger partial charge in [-0.2, -0.15) is 0 Å². The third-order valence-electron chi connectivity index (χ3n) is 3.51. The molecule has 0 saturated heterocycles. The van der Waals surface area contributed by atoms with E-state index in [1.165, 1.54) is 51.7 Å². The van der Waals surface area contributed by atoms with Gasteiger partial charge < -0.3 is 10.0 Å². The van der Waals surface area contributed by atoms with Crippen LogP contribution in [0.25, 0.3) is 0 Å². The minimum atomic E-state index is -0.00453. The van der Waals surface area contributed by atoms with Crippen molar-refractivity contribution in [3.05, 3.63) is 0 Å². The van der Waals surface area contributed by atoms with Crippen LogP contribution in [0.3, 0.4) is 0 Å². The smallest absolute Gasteiger partial charge is 0.0568 e. The van der Waals surface area contributed by atoms with Crippen molar-refractivity contribution in [2.75, 3.05) is 19.6 Å². The fraction of sp³-hybridized carbons (Fsp3) is 1.00. The van der Waals surface area contributed by atoms with Crippen molar-refractivity contribution in [2.24, 2.45) is 5.92 Å². The minimum absolute atomic E-state index is 0.00453. The zero-order valence-electron chi connectivity index (χ0n) is 10.4. The Morgan fingerprint density at radius 1 is 1.07 bits per heavy atom. The van der Waals surface area contributed by atoms with Gasteiger partial charge in [0.05, 0.1) is 6.10 Å². The van der Waals surface area contributed by atoms with E-state index >= 15 is 0 Å². The summed E-state index contributed by atoms with van der Waals surface area (Å²) < 4.78 is 0. The second-order valence-corrected chi connectivity index (χ2v) is 4.89. The number of aliphatic hydroxyl groups excluding tert-OH is 1. The highest BCUT2D eigenvalue weighted by molar-refractivity contribution is 4.77. The van der Waals surface area contributed by atoms with Crippen LogP contribution in [0.4, 0.5) is 0 Å². The van der Waals surface area contributed by atoms with Gasteiger partial charge in [0.25, 0.3) is 0 Å². The highest BCUT2D eigenvalue weighted by atomic mass is 16.3. The van der Waals surface area contributed by atoms with Gasteiger partial charge in [0.1, 0.15) is 0 Å². The number of hydrogen-bond acceptors (Lipinski definition) is 2. The predicted octanol–water partition coefficient (Wildman–Crippen LogP) is 2.66. The molecule has 0 bridgehead atoms. The lowest BCUT2D eigenvalue weighted by molar-refractivity contribution is 0.118. The first-order chi connectivity index (χ1) is 7.27. The van der Waals surface area contributed by atoms with Crippen molar-refractivity contribution in [3.63, 3.8) is 0 Å². The van der Waals surface area contributed by atoms with E-state index in [9.17, 15) is 5.11 Å². The second-order valence-electron chi connectivity index (χ2n) is 4.89. The molecular formula is C13H27NO. The highest BCUT2D eigenvalue weighted by Gasteiger charge is 2.24. The number of rotatable bonds is 7. The Morgan fingerprint density at radius 3 is 2.20 bits per heavy atom. The van der Waals surface area contributed by atoms with Crippen molar-refractivity contribution in [3.8, 4) is 0 Å². The molecule has 0 aromatic heterocycles. The molecule has 0 amide bonds. The maximum absolute atomic E-state index is 9.74. The Balaban J connectivity index is 2.19. The zero-order chi connectivity index (χ0) is 11.1. The van der Waals surface area contributed by atoms with E-state index in [0.717, 1.165) is 6.42 Å². The Bertz CT molecular complexity index is 155. The van der Waals surface area contributed by atoms with Crippen molar-refractivity contribution in [1.82, 2.24) is 4.90 Å². The molecule has 2 nitrogen and oxygen atoms in total. The van der Waals surface area contributed by atoms with Gasteiger partial charge in [-0.1, -0.05) is 20.3 Å². The van der Waals surface area contributed by atoms with Crippen LogP contribution in [-0.4, -0.2) is 35.7 Å². The third kappa shape index (κ3) is 4.52. The highest BCUT2D eigenvalue weighted by Crippen LogP contribution is 2.28. The zero-order valence-corrected chi connectivity index (χ0v) is 10.4. The molecule has 0 aromatic rings. The van der Waals surface area contributed by atoms with Gasteiger partial charge >= 0.3 is 0 Å². The van der Waals surface area contributed by atoms with E-state index in [0.29, 0.717) is 5.92 Å². The summed E-state index contributed by atoms with van der Waals surface area (Å²) >= 11 is 0. The largest absolute Gasteiger partial charge is 0.393 e. The third-order valence-corrected chi connectivity index (χ3v) is 3.51. The first-order valence-electron chi connectivity index (χ1n) is 6.68. The van der Waals surface area contributed by atoms with Gasteiger partial charge in [-0.15, -0.1) is 0 Å². The van der Waals surface area contributed by atoms with Gasteiger partial charge in [-0.05, 0) is 57.7 Å². The van der Waals surface area contributed by atoms with Crippen LogP contribution < -0.4 is 0 Å². The number of nitrogens with zero attached hydrogens (tertiary/aromatic N) is 1. The van der Waals surface area contributed by atoms with E-state index in [-0.39, 0.29) is 6.10 Å². The Hall–Kier alpha value is -0.0800. The normalized spacial score (nSPS) is 26.4. The molecule has 1 rings (SSSR count). The quantitative estimate of drug-likeness (QED) is 0.703. The second kappa shape index (κ2) is 7.24. The van der Waals surface area contributed by atoms with E-state index in [2.05, 4.69) is 18.7 Å². The van der Waals surface area contributed by atoms with Crippen LogP contribution in [0.5, 0.6) is 0 Å². The van der Waals surface area contributed by atoms with Gasteiger partial charge in [0.2, 0.25) is 0 Å². The Labute approximate surface area is 94.7 Å². The molecule has 2 heteroatoms. The summed E-state index contributed by atoms with van der Waals surface area (Å²) in [6.07, 6.45) is 7.18. The van der Waals surface area contributed by atoms with Crippen LogP contribution in [0.15, 0.2) is 0 Å². The molecule has 2 unspecified atom stereocenters. The predicted molar refractivity (Wildman–Crippen MR) is 65.0 cm³/mol. The molecular weight excluding hydrogens is 186 g/mol. The maximum Gasteiger partial charge on any atom is 0.0568 e. The van der Waals surface area contributed by atoms with Crippen molar-refractivity contribution in [1.29, 1.82) is 0 Å². The summed E-state index contributed by atoms with van der Waals surface area (Å²) in [6.45, 7) is 8.11. The van der Waals surface area contributed by atoms with Crippen LogP contribution >= 0.6 is 0 Å². The van der Waals surface area contributed by atoms with Crippen LogP contribution in [0.2, 0.25) is 0 Å². The molecule has 1 aliphatic rings. The fourth-order valence-electron chi connectivity index (χ4n) is 2.67. The summed E-state index contributed by atoms with van der Waals surface area (Å²) in [5, 5.41) is 9.74. The monoisotopic (exact) mass is 213 g/mol. The molecule has 90 valence electrons. The topological polar surface area (TPSA) is 23.5 Å². The molecule has 0 aliphatic heterocycles. The lowest BCUT2D eigenvalue weighted by Crippen LogP contribution is -2.29. The molecule has 0 spiro atoms. The first kappa shape index (κ1) is 13.0. The first-order valence-corrected chi connectivity index (χ1v) is 6.68. The Kier molecular flexibility index (Phi) is 6.26. The van der Waals surface area contributed by atoms with E-state index in [4.69, 9.17) is 0 Å². The van der Waals surface area contributed by atoms with Crippen LogP contribution in [-0.2, 0) is 0 Å². The molecule has 1 N–H and O–H groups in total. The molecule has 0 aromatic carbocycles. The summed E-state index contributed by atoms with van der Waals surface area (Å²) in [4.78, 5) is 2.55. The average Bonchev–Trinajstić information content (AvgIpc) is 2.61. The number of aliphatic hydroxyl groups is 1. The van der Waals surface area contributed by atoms with Gasteiger partial charge in [-0.25, -0.2) is 0 Å². The standard InChI is InChI=1S/C13H27NO/c1-3-9-14(10-4-2)11-8-12-6-5-7-13(12)15/h12-13,15H,3-11H2,1-2H3. The molecule has 15 heavy (non-hydrogen) atoms. The van der Waals surface area contributed by atoms with Crippen molar-refractivity contribution < 1.29 is 5.11 Å². The molecule has 0 radical (unpaired) electrons. The van der Waals surface area contributed by atoms with Gasteiger partial charge in [-0.3, -0.25) is 0 Å². The minimum Gasteiger partial charge on any atom is -0.393 e. The molecule has 1 fully saturated rings. The van der Waals surface area contributed by atoms with E-state index in [1.807, 2.05) is 0 Å². The summed E-state index contributed by atoms with van der Waals surface area (Å²) in [5.74, 6) is 0.584. The summed E-state index contributed by atoms with van der Waals surface area (Å²) in [5.41, 5.74) is 0. The van der Waals surface area contributed by atoms with Gasteiger partial charge in [0.15, 0.2) is 0 Å². The average molecular weight is 213 g/mol. The lowest BCUT2D eigenvalue weighted by Gasteiger charge is -2.23. The molecule has 1 saturated carbocycles. The van der Waals surface area contributed by atoms with E-state index in [1.54, 1.807) is 0 Å². The van der Waals surface area contributed by atoms with Gasteiger partial charge in [0, 0.05) is 0 Å². The van der Waals surface area contributed by atoms with Crippen LogP contribution in [0, 0.1) is 5.92 Å². The summed E-state index contributed by atoms with van der Waals surface area (Å²) in [7, 11) is 0. The summed E-state index contributed by atoms with van der Waals surface area (Å²) in [6, 6.07) is 0. The molecule has 1 aliphatic carbocycles. The molecule has 2 atom stereocenters. The molecule has 0 heterocycles. The fourth-order valence-corrected chi connectivity index (χ4v) is 2.67. The SMILES string of the molecule is CCCN(CCC)CCC1CCCC1O. The van der Waals surface area contributed by atoms with Crippen molar-refractivity contribution >= 4 is 0 Å².